The predicted octanol–water partition coefficient (Wildman–Crippen LogP) is 3.69. The van der Waals surface area contributed by atoms with Gasteiger partial charge in [0, 0.05) is 36.1 Å². The Kier molecular flexibility index (Phi) is 6.43. The first kappa shape index (κ1) is 20.3. The smallest absolute Gasteiger partial charge is 0.339 e. The third-order valence-corrected chi connectivity index (χ3v) is 4.93. The van der Waals surface area contributed by atoms with E-state index in [9.17, 15) is 19.7 Å². The fourth-order valence-electron chi connectivity index (χ4n) is 3.36. The third kappa shape index (κ3) is 5.10. The molecule has 1 aliphatic heterocycles. The minimum atomic E-state index is -0.776. The number of carbonyl (C=O) groups excluding carboxylic acids is 2. The van der Waals surface area contributed by atoms with Crippen molar-refractivity contribution in [2.24, 2.45) is 0 Å². The molecule has 0 saturated carbocycles. The highest BCUT2D eigenvalue weighted by molar-refractivity contribution is 5.96. The summed E-state index contributed by atoms with van der Waals surface area (Å²) in [6.07, 6.45) is 3.64. The lowest BCUT2D eigenvalue weighted by Crippen LogP contribution is -2.29. The van der Waals surface area contributed by atoms with Crippen molar-refractivity contribution in [2.75, 3.05) is 29.9 Å². The largest absolute Gasteiger partial charge is 0.452 e. The van der Waals surface area contributed by atoms with Crippen LogP contribution < -0.4 is 10.2 Å². The van der Waals surface area contributed by atoms with Gasteiger partial charge in [0.15, 0.2) is 6.61 Å². The molecule has 0 bridgehead atoms. The molecule has 0 aromatic heterocycles. The number of anilines is 2. The number of ether oxygens (including phenoxy) is 1. The number of carbonyl (C=O) groups is 2. The van der Waals surface area contributed by atoms with E-state index in [-0.39, 0.29) is 16.8 Å². The standard InChI is InChI=1S/C21H23N3O5/c1-15-18(6-5-7-19(15)24(27)28)21(26)29-14-20(25)22-16-8-10-17(11-9-16)23-12-3-2-4-13-23/h5-11H,2-4,12-14H2,1H3,(H,22,25). The zero-order chi connectivity index (χ0) is 20.8. The minimum Gasteiger partial charge on any atom is -0.452 e. The van der Waals surface area contributed by atoms with Crippen molar-refractivity contribution in [3.05, 3.63) is 63.7 Å². The van der Waals surface area contributed by atoms with Crippen LogP contribution in [0.25, 0.3) is 0 Å². The highest BCUT2D eigenvalue weighted by Gasteiger charge is 2.19. The predicted molar refractivity (Wildman–Crippen MR) is 109 cm³/mol. The summed E-state index contributed by atoms with van der Waals surface area (Å²) < 4.78 is 5.01. The Bertz CT molecular complexity index is 905. The molecule has 1 aliphatic rings. The molecule has 1 fully saturated rings. The van der Waals surface area contributed by atoms with Crippen LogP contribution in [0.3, 0.4) is 0 Å². The summed E-state index contributed by atoms with van der Waals surface area (Å²) in [4.78, 5) is 37.0. The van der Waals surface area contributed by atoms with Crippen LogP contribution in [0.15, 0.2) is 42.5 Å². The number of hydrogen-bond donors (Lipinski definition) is 1. The first-order valence-corrected chi connectivity index (χ1v) is 9.51. The van der Waals surface area contributed by atoms with Crippen LogP contribution >= 0.6 is 0 Å². The summed E-state index contributed by atoms with van der Waals surface area (Å²) in [6, 6.07) is 11.7. The Hall–Kier alpha value is -3.42. The van der Waals surface area contributed by atoms with E-state index in [0.29, 0.717) is 5.69 Å². The number of hydrogen-bond acceptors (Lipinski definition) is 6. The fraction of sp³-hybridized carbons (Fsp3) is 0.333. The van der Waals surface area contributed by atoms with E-state index in [2.05, 4.69) is 10.2 Å². The molecule has 0 unspecified atom stereocenters. The van der Waals surface area contributed by atoms with Gasteiger partial charge >= 0.3 is 5.97 Å². The van der Waals surface area contributed by atoms with E-state index in [1.165, 1.54) is 44.4 Å². The number of esters is 1. The highest BCUT2D eigenvalue weighted by Crippen LogP contribution is 2.23. The second-order valence-electron chi connectivity index (χ2n) is 6.93. The number of nitro benzene ring substituents is 1. The van der Waals surface area contributed by atoms with Gasteiger partial charge in [0.1, 0.15) is 0 Å². The third-order valence-electron chi connectivity index (χ3n) is 4.93. The summed E-state index contributed by atoms with van der Waals surface area (Å²) in [5, 5.41) is 13.7. The Morgan fingerprint density at radius 2 is 1.79 bits per heavy atom. The fourth-order valence-corrected chi connectivity index (χ4v) is 3.36. The van der Waals surface area contributed by atoms with Gasteiger partial charge in [-0.2, -0.15) is 0 Å². The lowest BCUT2D eigenvalue weighted by atomic mass is 10.1. The number of benzene rings is 2. The Morgan fingerprint density at radius 1 is 1.10 bits per heavy atom. The van der Waals surface area contributed by atoms with Gasteiger partial charge in [-0.15, -0.1) is 0 Å². The van der Waals surface area contributed by atoms with E-state index in [0.717, 1.165) is 18.8 Å². The number of nitrogens with zero attached hydrogens (tertiary/aromatic N) is 2. The van der Waals surface area contributed by atoms with Crippen LogP contribution in [0.5, 0.6) is 0 Å². The van der Waals surface area contributed by atoms with E-state index in [1.807, 2.05) is 24.3 Å². The Labute approximate surface area is 168 Å². The molecule has 1 N–H and O–H groups in total. The lowest BCUT2D eigenvalue weighted by Gasteiger charge is -2.28. The lowest BCUT2D eigenvalue weighted by molar-refractivity contribution is -0.385. The second-order valence-corrected chi connectivity index (χ2v) is 6.93. The molecule has 29 heavy (non-hydrogen) atoms. The zero-order valence-corrected chi connectivity index (χ0v) is 16.2. The molecule has 3 rings (SSSR count). The minimum absolute atomic E-state index is 0.0675. The van der Waals surface area contributed by atoms with Gasteiger partial charge in [-0.05, 0) is 56.5 Å². The number of nitro groups is 1. The van der Waals surface area contributed by atoms with E-state index in [4.69, 9.17) is 4.74 Å². The monoisotopic (exact) mass is 397 g/mol. The summed E-state index contributed by atoms with van der Waals surface area (Å²) in [5.74, 6) is -1.26. The van der Waals surface area contributed by atoms with E-state index < -0.39 is 23.4 Å². The van der Waals surface area contributed by atoms with E-state index >= 15 is 0 Å². The molecule has 0 atom stereocenters. The molecule has 1 heterocycles. The second kappa shape index (κ2) is 9.18. The van der Waals surface area contributed by atoms with Gasteiger partial charge in [0.25, 0.3) is 11.6 Å². The Morgan fingerprint density at radius 3 is 2.45 bits per heavy atom. The van der Waals surface area contributed by atoms with Crippen molar-refractivity contribution in [1.82, 2.24) is 0 Å². The van der Waals surface area contributed by atoms with Crippen molar-refractivity contribution >= 4 is 28.9 Å². The molecule has 2 aromatic carbocycles. The van der Waals surface area contributed by atoms with Crippen molar-refractivity contribution in [3.63, 3.8) is 0 Å². The quantitative estimate of drug-likeness (QED) is 0.453. The van der Waals surface area contributed by atoms with Crippen LogP contribution in [0.2, 0.25) is 0 Å². The van der Waals surface area contributed by atoms with Crippen LogP contribution in [-0.4, -0.2) is 36.5 Å². The number of nitrogens with one attached hydrogen (secondary N) is 1. The van der Waals surface area contributed by atoms with Crippen LogP contribution in [-0.2, 0) is 9.53 Å². The summed E-state index contributed by atoms with van der Waals surface area (Å²) in [5.41, 5.74) is 1.83. The van der Waals surface area contributed by atoms with Crippen LogP contribution in [0.1, 0.15) is 35.2 Å². The van der Waals surface area contributed by atoms with Gasteiger partial charge in [-0.1, -0.05) is 6.07 Å². The maximum Gasteiger partial charge on any atom is 0.339 e. The number of piperidine rings is 1. The Balaban J connectivity index is 1.54. The molecule has 0 spiro atoms. The van der Waals surface area contributed by atoms with Crippen molar-refractivity contribution in [2.45, 2.75) is 26.2 Å². The topological polar surface area (TPSA) is 102 Å². The molecule has 8 nitrogen and oxygen atoms in total. The van der Waals surface area contributed by atoms with Gasteiger partial charge < -0.3 is 15.0 Å². The van der Waals surface area contributed by atoms with Crippen LogP contribution in [0.4, 0.5) is 17.1 Å². The molecule has 0 radical (unpaired) electrons. The zero-order valence-electron chi connectivity index (χ0n) is 16.2. The van der Waals surface area contributed by atoms with Crippen LogP contribution in [0, 0.1) is 17.0 Å². The van der Waals surface area contributed by atoms with Gasteiger partial charge in [-0.25, -0.2) is 4.79 Å². The van der Waals surface area contributed by atoms with Crippen molar-refractivity contribution in [1.29, 1.82) is 0 Å². The van der Waals surface area contributed by atoms with E-state index in [1.54, 1.807) is 0 Å². The van der Waals surface area contributed by atoms with Crippen molar-refractivity contribution in [3.8, 4) is 0 Å². The SMILES string of the molecule is Cc1c(C(=O)OCC(=O)Nc2ccc(N3CCCCC3)cc2)cccc1[N+](=O)[O-]. The summed E-state index contributed by atoms with van der Waals surface area (Å²) in [6.45, 7) is 3.07. The highest BCUT2D eigenvalue weighted by atomic mass is 16.6. The first-order chi connectivity index (χ1) is 14.0. The van der Waals surface area contributed by atoms with Crippen molar-refractivity contribution < 1.29 is 19.2 Å². The molecule has 0 aliphatic carbocycles. The van der Waals surface area contributed by atoms with Gasteiger partial charge in [-0.3, -0.25) is 14.9 Å². The summed E-state index contributed by atoms with van der Waals surface area (Å²) in [7, 11) is 0. The first-order valence-electron chi connectivity index (χ1n) is 9.51. The summed E-state index contributed by atoms with van der Waals surface area (Å²) >= 11 is 0. The molecule has 8 heteroatoms. The molecular formula is C21H23N3O5. The maximum atomic E-state index is 12.2. The maximum absolute atomic E-state index is 12.2. The molecule has 2 aromatic rings. The molecule has 1 amide bonds. The average Bonchev–Trinajstić information content (AvgIpc) is 2.73. The molecular weight excluding hydrogens is 374 g/mol. The normalized spacial score (nSPS) is 13.6. The number of amides is 1. The molecule has 1 saturated heterocycles. The van der Waals surface area contributed by atoms with Gasteiger partial charge in [0.05, 0.1) is 10.5 Å². The van der Waals surface area contributed by atoms with Gasteiger partial charge in [0.2, 0.25) is 0 Å². The average molecular weight is 397 g/mol. The number of rotatable bonds is 6. The molecule has 152 valence electrons.